The van der Waals surface area contributed by atoms with E-state index in [0.717, 1.165) is 0 Å². The number of amides is 2. The van der Waals surface area contributed by atoms with Crippen LogP contribution in [-0.4, -0.2) is 46.4 Å². The van der Waals surface area contributed by atoms with Gasteiger partial charge in [-0.25, -0.2) is 9.97 Å². The fraction of sp³-hybridized carbons (Fsp3) is 0.292. The van der Waals surface area contributed by atoms with Crippen LogP contribution < -0.4 is 20.7 Å². The molecule has 1 atom stereocenters. The molecule has 0 saturated carbocycles. The molecule has 170 valence electrons. The molecular formula is C24H26N6O3. The first-order chi connectivity index (χ1) is 15.7. The van der Waals surface area contributed by atoms with Gasteiger partial charge in [0.15, 0.2) is 0 Å². The van der Waals surface area contributed by atoms with Crippen molar-refractivity contribution in [1.82, 2.24) is 15.0 Å². The van der Waals surface area contributed by atoms with Crippen LogP contribution in [-0.2, 0) is 9.59 Å². The summed E-state index contributed by atoms with van der Waals surface area (Å²) in [7, 11) is 1.79. The lowest BCUT2D eigenvalue weighted by Crippen LogP contribution is -2.44. The minimum atomic E-state index is -0.280. The van der Waals surface area contributed by atoms with Gasteiger partial charge in [0, 0.05) is 42.5 Å². The molecule has 2 amide bonds. The van der Waals surface area contributed by atoms with Gasteiger partial charge in [0.05, 0.1) is 17.9 Å². The number of benzene rings is 1. The zero-order chi connectivity index (χ0) is 23.7. The molecule has 0 saturated heterocycles. The number of H-pyrrole nitrogens is 1. The highest BCUT2D eigenvalue weighted by atomic mass is 16.2. The van der Waals surface area contributed by atoms with Crippen molar-refractivity contribution < 1.29 is 9.59 Å². The summed E-state index contributed by atoms with van der Waals surface area (Å²) < 4.78 is 0. The molecule has 4 rings (SSSR count). The summed E-state index contributed by atoms with van der Waals surface area (Å²) in [6, 6.07) is 10.6. The second-order valence-electron chi connectivity index (χ2n) is 8.27. The highest BCUT2D eigenvalue weighted by Crippen LogP contribution is 2.31. The number of para-hydroxylation sites is 2. The zero-order valence-electron chi connectivity index (χ0n) is 19.0. The Labute approximate surface area is 191 Å². The molecule has 0 spiro atoms. The monoisotopic (exact) mass is 446 g/mol. The third-order valence-corrected chi connectivity index (χ3v) is 5.81. The summed E-state index contributed by atoms with van der Waals surface area (Å²) >= 11 is 0. The number of nitrogens with one attached hydrogen (secondary N) is 2. The molecule has 0 fully saturated rings. The van der Waals surface area contributed by atoms with Crippen LogP contribution in [0.1, 0.15) is 24.6 Å². The molecule has 3 aromatic rings. The van der Waals surface area contributed by atoms with E-state index in [1.54, 1.807) is 49.0 Å². The Balaban J connectivity index is 1.54. The molecule has 0 radical (unpaired) electrons. The van der Waals surface area contributed by atoms with Crippen LogP contribution in [0, 0.1) is 13.8 Å². The minimum Gasteiger partial charge on any atom is -0.350 e. The number of aromatic nitrogens is 3. The molecule has 9 nitrogen and oxygen atoms in total. The largest absolute Gasteiger partial charge is 0.350 e. The Morgan fingerprint density at radius 1 is 1.18 bits per heavy atom. The Kier molecular flexibility index (Phi) is 5.95. The van der Waals surface area contributed by atoms with E-state index in [4.69, 9.17) is 0 Å². The summed E-state index contributed by atoms with van der Waals surface area (Å²) in [6.45, 7) is 5.47. The van der Waals surface area contributed by atoms with Gasteiger partial charge in [-0.1, -0.05) is 12.1 Å². The normalized spacial score (nSPS) is 15.5. The Morgan fingerprint density at radius 2 is 1.94 bits per heavy atom. The smallest absolute Gasteiger partial charge is 0.254 e. The lowest BCUT2D eigenvalue weighted by atomic mass is 10.1. The fourth-order valence-electron chi connectivity index (χ4n) is 3.86. The summed E-state index contributed by atoms with van der Waals surface area (Å²) in [6.07, 6.45) is 1.84. The van der Waals surface area contributed by atoms with E-state index in [9.17, 15) is 14.4 Å². The van der Waals surface area contributed by atoms with Gasteiger partial charge in [0.1, 0.15) is 11.6 Å². The van der Waals surface area contributed by atoms with E-state index in [1.165, 1.54) is 0 Å². The van der Waals surface area contributed by atoms with Gasteiger partial charge < -0.3 is 20.1 Å². The zero-order valence-corrected chi connectivity index (χ0v) is 19.0. The lowest BCUT2D eigenvalue weighted by molar-refractivity contribution is -0.118. The molecule has 1 aliphatic rings. The molecule has 1 aromatic carbocycles. The Bertz CT molecular complexity index is 1270. The summed E-state index contributed by atoms with van der Waals surface area (Å²) in [5.74, 6) is 0.796. The number of hydrogen-bond donors (Lipinski definition) is 2. The number of anilines is 3. The SMILES string of the molecule is Cc1nc(-c2ccc(N(C)CC(=O)N3c4ccccc4NC(=O)CC3C)nc2)[nH]c(=O)c1C. The molecule has 2 aromatic heterocycles. The number of nitrogens with zero attached hydrogens (tertiary/aromatic N) is 4. The minimum absolute atomic E-state index is 0.0813. The van der Waals surface area contributed by atoms with Crippen molar-refractivity contribution in [3.05, 3.63) is 64.2 Å². The Hall–Kier alpha value is -4.01. The van der Waals surface area contributed by atoms with Crippen molar-refractivity contribution in [3.8, 4) is 11.4 Å². The third kappa shape index (κ3) is 4.48. The van der Waals surface area contributed by atoms with Gasteiger partial charge >= 0.3 is 0 Å². The van der Waals surface area contributed by atoms with E-state index in [0.29, 0.717) is 39.8 Å². The molecule has 1 unspecified atom stereocenters. The van der Waals surface area contributed by atoms with Gasteiger partial charge in [-0.3, -0.25) is 14.4 Å². The average Bonchev–Trinajstić information content (AvgIpc) is 2.91. The number of fused-ring (bicyclic) bond motifs is 1. The van der Waals surface area contributed by atoms with Crippen LogP contribution in [0.15, 0.2) is 47.4 Å². The molecule has 1 aliphatic heterocycles. The van der Waals surface area contributed by atoms with Gasteiger partial charge in [0.25, 0.3) is 5.56 Å². The molecule has 3 heterocycles. The number of aryl methyl sites for hydroxylation is 1. The molecule has 0 aliphatic carbocycles. The predicted octanol–water partition coefficient (Wildman–Crippen LogP) is 2.65. The highest BCUT2D eigenvalue weighted by molar-refractivity contribution is 6.05. The average molecular weight is 447 g/mol. The number of carbonyl (C=O) groups is 2. The van der Waals surface area contributed by atoms with Crippen LogP contribution in [0.25, 0.3) is 11.4 Å². The molecular weight excluding hydrogens is 420 g/mol. The number of aromatic amines is 1. The standard InChI is InChI=1S/C24H26N6O3/c1-14-11-21(31)27-18-7-5-6-8-19(18)30(14)22(32)13-29(4)20-10-9-17(12-25-20)23-26-16(3)15(2)24(33)28-23/h5-10,12,14H,11,13H2,1-4H3,(H,27,31)(H,26,28,33). The lowest BCUT2D eigenvalue weighted by Gasteiger charge is -2.30. The van der Waals surface area contributed by atoms with E-state index < -0.39 is 0 Å². The van der Waals surface area contributed by atoms with Crippen LogP contribution in [0.5, 0.6) is 0 Å². The van der Waals surface area contributed by atoms with Crippen molar-refractivity contribution >= 4 is 29.0 Å². The molecule has 2 N–H and O–H groups in total. The first-order valence-corrected chi connectivity index (χ1v) is 10.7. The number of hydrogen-bond acceptors (Lipinski definition) is 6. The van der Waals surface area contributed by atoms with Crippen LogP contribution >= 0.6 is 0 Å². The number of carbonyl (C=O) groups excluding carboxylic acids is 2. The van der Waals surface area contributed by atoms with Crippen molar-refractivity contribution in [1.29, 1.82) is 0 Å². The van der Waals surface area contributed by atoms with E-state index in [1.807, 2.05) is 31.2 Å². The quantitative estimate of drug-likeness (QED) is 0.637. The van der Waals surface area contributed by atoms with Gasteiger partial charge in [-0.2, -0.15) is 0 Å². The second-order valence-corrected chi connectivity index (χ2v) is 8.27. The van der Waals surface area contributed by atoms with E-state index in [2.05, 4.69) is 20.3 Å². The highest BCUT2D eigenvalue weighted by Gasteiger charge is 2.30. The van der Waals surface area contributed by atoms with E-state index >= 15 is 0 Å². The molecule has 33 heavy (non-hydrogen) atoms. The topological polar surface area (TPSA) is 111 Å². The first kappa shape index (κ1) is 22.2. The molecule has 9 heteroatoms. The van der Waals surface area contributed by atoms with Crippen LogP contribution in [0.2, 0.25) is 0 Å². The summed E-state index contributed by atoms with van der Waals surface area (Å²) in [4.78, 5) is 52.6. The predicted molar refractivity (Wildman–Crippen MR) is 127 cm³/mol. The summed E-state index contributed by atoms with van der Waals surface area (Å²) in [5.41, 5.74) is 3.06. The maximum absolute atomic E-state index is 13.3. The third-order valence-electron chi connectivity index (χ3n) is 5.81. The Morgan fingerprint density at radius 3 is 2.64 bits per heavy atom. The summed E-state index contributed by atoms with van der Waals surface area (Å²) in [5, 5.41) is 2.87. The number of pyridine rings is 1. The number of rotatable bonds is 4. The second kappa shape index (κ2) is 8.85. The van der Waals surface area contributed by atoms with Gasteiger partial charge in [-0.15, -0.1) is 0 Å². The molecule has 0 bridgehead atoms. The van der Waals surface area contributed by atoms with Crippen molar-refractivity contribution in [3.63, 3.8) is 0 Å². The maximum Gasteiger partial charge on any atom is 0.254 e. The maximum atomic E-state index is 13.3. The fourth-order valence-corrected chi connectivity index (χ4v) is 3.86. The van der Waals surface area contributed by atoms with Crippen molar-refractivity contribution in [2.24, 2.45) is 0 Å². The van der Waals surface area contributed by atoms with Gasteiger partial charge in [0.2, 0.25) is 11.8 Å². The number of likely N-dealkylation sites (N-methyl/N-ethyl adjacent to an activating group) is 1. The first-order valence-electron chi connectivity index (χ1n) is 10.7. The van der Waals surface area contributed by atoms with Crippen LogP contribution in [0.4, 0.5) is 17.2 Å². The van der Waals surface area contributed by atoms with Crippen molar-refractivity contribution in [2.75, 3.05) is 28.7 Å². The van der Waals surface area contributed by atoms with Crippen LogP contribution in [0.3, 0.4) is 0 Å². The van der Waals surface area contributed by atoms with Crippen molar-refractivity contribution in [2.45, 2.75) is 33.2 Å². The van der Waals surface area contributed by atoms with Gasteiger partial charge in [-0.05, 0) is 45.0 Å². The van der Waals surface area contributed by atoms with E-state index in [-0.39, 0.29) is 36.4 Å².